The largest absolute Gasteiger partial charge is 0.354 e. The molecule has 0 aromatic heterocycles. The second-order valence-electron chi connectivity index (χ2n) is 9.18. The highest BCUT2D eigenvalue weighted by molar-refractivity contribution is 7.92. The van der Waals surface area contributed by atoms with Gasteiger partial charge in [0.25, 0.3) is 0 Å². The zero-order chi connectivity index (χ0) is 26.9. The first-order valence-corrected chi connectivity index (χ1v) is 14.5. The Morgan fingerprint density at radius 1 is 1.06 bits per heavy atom. The number of unbranched alkanes of at least 4 members (excludes halogenated alkanes) is 1. The number of benzene rings is 2. The molecular weight excluding hydrogens is 498 g/mol. The maximum atomic E-state index is 13.3. The summed E-state index contributed by atoms with van der Waals surface area (Å²) in [6.45, 7) is 8.60. The first-order valence-electron chi connectivity index (χ1n) is 12.3. The maximum absolute atomic E-state index is 13.3. The van der Waals surface area contributed by atoms with Gasteiger partial charge in [-0.2, -0.15) is 0 Å². The van der Waals surface area contributed by atoms with Crippen LogP contribution in [-0.2, 0) is 26.2 Å². The molecule has 0 spiro atoms. The van der Waals surface area contributed by atoms with Gasteiger partial charge in [-0.25, -0.2) is 8.42 Å². The quantitative estimate of drug-likeness (QED) is 0.372. The fourth-order valence-corrected chi connectivity index (χ4v) is 5.01. The van der Waals surface area contributed by atoms with Crippen LogP contribution >= 0.6 is 11.6 Å². The molecule has 7 nitrogen and oxygen atoms in total. The number of nitrogens with zero attached hydrogens (tertiary/aromatic N) is 2. The number of sulfonamides is 1. The Hall–Kier alpha value is -2.58. The third-order valence-electron chi connectivity index (χ3n) is 6.17. The molecule has 0 saturated carbocycles. The van der Waals surface area contributed by atoms with Crippen LogP contribution in [0.15, 0.2) is 42.5 Å². The monoisotopic (exact) mass is 535 g/mol. The van der Waals surface area contributed by atoms with Gasteiger partial charge < -0.3 is 10.2 Å². The van der Waals surface area contributed by atoms with Gasteiger partial charge in [-0.3, -0.25) is 13.9 Å². The Bertz CT molecular complexity index is 1150. The minimum absolute atomic E-state index is 0.101. The molecular formula is C27H38ClN3O4S. The van der Waals surface area contributed by atoms with Crippen molar-refractivity contribution >= 4 is 39.1 Å². The molecule has 0 aliphatic heterocycles. The third-order valence-corrected chi connectivity index (χ3v) is 7.60. The zero-order valence-electron chi connectivity index (χ0n) is 21.9. The van der Waals surface area contributed by atoms with E-state index >= 15 is 0 Å². The van der Waals surface area contributed by atoms with E-state index < -0.39 is 16.1 Å². The molecule has 0 heterocycles. The average Bonchev–Trinajstić information content (AvgIpc) is 2.81. The summed E-state index contributed by atoms with van der Waals surface area (Å²) in [6, 6.07) is 12.0. The molecule has 0 radical (unpaired) electrons. The lowest BCUT2D eigenvalue weighted by molar-refractivity contribution is -0.140. The molecule has 1 atom stereocenters. The van der Waals surface area contributed by atoms with Gasteiger partial charge in [0, 0.05) is 31.1 Å². The van der Waals surface area contributed by atoms with Gasteiger partial charge in [-0.15, -0.1) is 0 Å². The van der Waals surface area contributed by atoms with Crippen molar-refractivity contribution in [1.29, 1.82) is 0 Å². The lowest BCUT2D eigenvalue weighted by Crippen LogP contribution is -2.48. The number of aryl methyl sites for hydroxylation is 2. The normalized spacial score (nSPS) is 12.2. The molecule has 0 saturated heterocycles. The highest BCUT2D eigenvalue weighted by Gasteiger charge is 2.26. The summed E-state index contributed by atoms with van der Waals surface area (Å²) < 4.78 is 26.3. The van der Waals surface area contributed by atoms with E-state index in [1.807, 2.05) is 39.0 Å². The highest BCUT2D eigenvalue weighted by Crippen LogP contribution is 2.22. The molecule has 0 fully saturated rings. The highest BCUT2D eigenvalue weighted by atomic mass is 35.5. The number of rotatable bonds is 13. The van der Waals surface area contributed by atoms with E-state index in [0.717, 1.165) is 35.8 Å². The Kier molecular flexibility index (Phi) is 11.2. The minimum Gasteiger partial charge on any atom is -0.354 e. The van der Waals surface area contributed by atoms with Crippen LogP contribution in [0.4, 0.5) is 5.69 Å². The second-order valence-corrected chi connectivity index (χ2v) is 11.5. The summed E-state index contributed by atoms with van der Waals surface area (Å²) in [6.07, 6.45) is 3.40. The van der Waals surface area contributed by atoms with Gasteiger partial charge >= 0.3 is 0 Å². The van der Waals surface area contributed by atoms with Gasteiger partial charge in [0.2, 0.25) is 21.8 Å². The summed E-state index contributed by atoms with van der Waals surface area (Å²) in [5.74, 6) is -0.437. The predicted octanol–water partition coefficient (Wildman–Crippen LogP) is 4.84. The average molecular weight is 536 g/mol. The van der Waals surface area contributed by atoms with Crippen molar-refractivity contribution in [2.24, 2.45) is 0 Å². The molecule has 1 N–H and O–H groups in total. The van der Waals surface area contributed by atoms with Crippen LogP contribution in [0.1, 0.15) is 56.2 Å². The van der Waals surface area contributed by atoms with Gasteiger partial charge in [-0.1, -0.05) is 43.1 Å². The van der Waals surface area contributed by atoms with Crippen LogP contribution in [0.25, 0.3) is 0 Å². The SMILES string of the molecule is CCCCNC(=O)C(C)N(Cc1cccc(Cl)c1)C(=O)CCCN(c1ccc(C)c(C)c1)S(C)(=O)=O. The topological polar surface area (TPSA) is 86.8 Å². The molecule has 2 amide bonds. The smallest absolute Gasteiger partial charge is 0.242 e. The first kappa shape index (κ1) is 29.6. The van der Waals surface area contributed by atoms with E-state index in [2.05, 4.69) is 5.32 Å². The summed E-state index contributed by atoms with van der Waals surface area (Å²) in [5, 5.41) is 3.45. The first-order chi connectivity index (χ1) is 16.9. The van der Waals surface area contributed by atoms with Gasteiger partial charge in [0.1, 0.15) is 6.04 Å². The number of carbonyl (C=O) groups excluding carboxylic acids is 2. The Morgan fingerprint density at radius 3 is 2.39 bits per heavy atom. The summed E-state index contributed by atoms with van der Waals surface area (Å²) in [7, 11) is -3.53. The lowest BCUT2D eigenvalue weighted by Gasteiger charge is -2.29. The van der Waals surface area contributed by atoms with E-state index in [-0.39, 0.29) is 31.3 Å². The molecule has 36 heavy (non-hydrogen) atoms. The standard InChI is InChI=1S/C27H38ClN3O4S/c1-6-7-15-29-27(33)22(4)30(19-23-10-8-11-24(28)18-23)26(32)12-9-16-31(36(5,34)35)25-14-13-20(2)21(3)17-25/h8,10-11,13-14,17-18,22H,6-7,9,12,15-16,19H2,1-5H3,(H,29,33). The molecule has 0 aliphatic rings. The molecule has 0 aliphatic carbocycles. The van der Waals surface area contributed by atoms with Crippen molar-refractivity contribution in [2.45, 2.75) is 66.0 Å². The van der Waals surface area contributed by atoms with Crippen molar-refractivity contribution in [1.82, 2.24) is 10.2 Å². The number of hydrogen-bond donors (Lipinski definition) is 1. The Labute approximate surface area is 220 Å². The fourth-order valence-electron chi connectivity index (χ4n) is 3.84. The molecule has 2 aromatic carbocycles. The van der Waals surface area contributed by atoms with Crippen LogP contribution < -0.4 is 9.62 Å². The van der Waals surface area contributed by atoms with Crippen molar-refractivity contribution < 1.29 is 18.0 Å². The van der Waals surface area contributed by atoms with Gasteiger partial charge in [-0.05, 0) is 74.6 Å². The molecule has 2 aromatic rings. The van der Waals surface area contributed by atoms with Crippen molar-refractivity contribution in [2.75, 3.05) is 23.7 Å². The van der Waals surface area contributed by atoms with Crippen LogP contribution in [0, 0.1) is 13.8 Å². The van der Waals surface area contributed by atoms with Crippen LogP contribution in [-0.4, -0.2) is 50.5 Å². The number of hydrogen-bond acceptors (Lipinski definition) is 4. The summed E-state index contributed by atoms with van der Waals surface area (Å²) in [5.41, 5.74) is 3.46. The lowest BCUT2D eigenvalue weighted by atomic mass is 10.1. The van der Waals surface area contributed by atoms with E-state index in [1.54, 1.807) is 31.2 Å². The number of carbonyl (C=O) groups is 2. The molecule has 0 bridgehead atoms. The van der Waals surface area contributed by atoms with Gasteiger partial charge in [0.05, 0.1) is 11.9 Å². The van der Waals surface area contributed by atoms with Crippen LogP contribution in [0.5, 0.6) is 0 Å². The van der Waals surface area contributed by atoms with E-state index in [4.69, 9.17) is 11.6 Å². The summed E-state index contributed by atoms with van der Waals surface area (Å²) in [4.78, 5) is 27.6. The number of anilines is 1. The van der Waals surface area contributed by atoms with Crippen molar-refractivity contribution in [3.63, 3.8) is 0 Å². The Balaban J connectivity index is 2.16. The number of halogens is 1. The number of amides is 2. The number of nitrogens with one attached hydrogen (secondary N) is 1. The summed E-state index contributed by atoms with van der Waals surface area (Å²) >= 11 is 6.13. The van der Waals surface area contributed by atoms with Gasteiger partial charge in [0.15, 0.2) is 0 Å². The third kappa shape index (κ3) is 8.82. The van der Waals surface area contributed by atoms with Crippen molar-refractivity contribution in [3.8, 4) is 0 Å². The molecule has 1 unspecified atom stereocenters. The molecule has 198 valence electrons. The predicted molar refractivity (Wildman–Crippen MR) is 147 cm³/mol. The van der Waals surface area contributed by atoms with Crippen molar-refractivity contribution in [3.05, 3.63) is 64.2 Å². The van der Waals surface area contributed by atoms with Crippen LogP contribution in [0.3, 0.4) is 0 Å². The maximum Gasteiger partial charge on any atom is 0.242 e. The minimum atomic E-state index is -3.53. The van der Waals surface area contributed by atoms with E-state index in [9.17, 15) is 18.0 Å². The molecule has 9 heteroatoms. The van der Waals surface area contributed by atoms with Crippen LogP contribution in [0.2, 0.25) is 5.02 Å². The Morgan fingerprint density at radius 2 is 1.78 bits per heavy atom. The second kappa shape index (κ2) is 13.7. The zero-order valence-corrected chi connectivity index (χ0v) is 23.5. The van der Waals surface area contributed by atoms with E-state index in [0.29, 0.717) is 23.7 Å². The molecule has 2 rings (SSSR count). The fraction of sp³-hybridized carbons (Fsp3) is 0.481. The van der Waals surface area contributed by atoms with E-state index in [1.165, 1.54) is 9.21 Å².